The third kappa shape index (κ3) is 2.30. The van der Waals surface area contributed by atoms with Gasteiger partial charge in [-0.1, -0.05) is 0 Å². The van der Waals surface area contributed by atoms with Crippen molar-refractivity contribution in [2.45, 2.75) is 0 Å². The quantitative estimate of drug-likeness (QED) is 0.602. The van der Waals surface area contributed by atoms with Gasteiger partial charge in [0.2, 0.25) is 0 Å². The Labute approximate surface area is 98.1 Å². The van der Waals surface area contributed by atoms with Crippen LogP contribution in [0.3, 0.4) is 0 Å². The largest absolute Gasteiger partial charge is 0.504 e. The summed E-state index contributed by atoms with van der Waals surface area (Å²) in [6.45, 7) is 0. The van der Waals surface area contributed by atoms with Crippen molar-refractivity contribution in [2.75, 3.05) is 14.2 Å². The minimum atomic E-state index is -0.375. The molecule has 0 saturated heterocycles. The molecule has 88 valence electrons. The first-order valence-corrected chi connectivity index (χ1v) is 5.06. The second-order valence-electron chi connectivity index (χ2n) is 3.42. The second kappa shape index (κ2) is 4.74. The Bertz CT molecular complexity index is 610. The third-order valence-electron chi connectivity index (χ3n) is 2.36. The Kier molecular flexibility index (Phi) is 3.14. The molecule has 0 amide bonds. The molecule has 0 fully saturated rings. The Morgan fingerprint density at radius 1 is 1.24 bits per heavy atom. The fourth-order valence-electron chi connectivity index (χ4n) is 1.56. The molecule has 0 bridgehead atoms. The summed E-state index contributed by atoms with van der Waals surface area (Å²) in [6.07, 6.45) is 3.34. The maximum Gasteiger partial charge on any atom is 0.336 e. The Morgan fingerprint density at radius 2 is 2.06 bits per heavy atom. The van der Waals surface area contributed by atoms with Gasteiger partial charge in [-0.05, 0) is 18.2 Å². The molecule has 1 aromatic carbocycles. The van der Waals surface area contributed by atoms with Crippen LogP contribution in [0.2, 0.25) is 0 Å². The lowest BCUT2D eigenvalue weighted by atomic mass is 10.1. The summed E-state index contributed by atoms with van der Waals surface area (Å²) in [5.74, 6) is 0.625. The highest BCUT2D eigenvalue weighted by atomic mass is 16.5. The molecule has 0 aliphatic rings. The standard InChI is InChI=1S/C13H12O4/c1-15-6-5-10-7-9-3-4-13(14)17-12(9)8-11(10)16-2/h3-8H,1-2H3. The van der Waals surface area contributed by atoms with Crippen molar-refractivity contribution in [2.24, 2.45) is 0 Å². The lowest BCUT2D eigenvalue weighted by Gasteiger charge is -2.06. The second-order valence-corrected chi connectivity index (χ2v) is 3.42. The predicted octanol–water partition coefficient (Wildman–Crippen LogP) is 2.42. The van der Waals surface area contributed by atoms with E-state index in [1.807, 2.05) is 6.07 Å². The molecule has 2 rings (SSSR count). The topological polar surface area (TPSA) is 48.7 Å². The molecule has 0 radical (unpaired) electrons. The number of hydrogen-bond donors (Lipinski definition) is 0. The molecular formula is C13H12O4. The summed E-state index contributed by atoms with van der Waals surface area (Å²) >= 11 is 0. The van der Waals surface area contributed by atoms with Crippen molar-refractivity contribution in [3.8, 4) is 5.75 Å². The maximum absolute atomic E-state index is 11.1. The van der Waals surface area contributed by atoms with Gasteiger partial charge in [0.25, 0.3) is 0 Å². The van der Waals surface area contributed by atoms with Gasteiger partial charge in [-0.25, -0.2) is 4.79 Å². The Hall–Kier alpha value is -2.23. The van der Waals surface area contributed by atoms with E-state index in [4.69, 9.17) is 13.9 Å². The summed E-state index contributed by atoms with van der Waals surface area (Å²) in [6, 6.07) is 6.65. The molecule has 4 heteroatoms. The Balaban J connectivity index is 2.64. The summed E-state index contributed by atoms with van der Waals surface area (Å²) < 4.78 is 15.2. The van der Waals surface area contributed by atoms with E-state index in [0.717, 1.165) is 10.9 Å². The van der Waals surface area contributed by atoms with Crippen molar-refractivity contribution >= 4 is 17.0 Å². The summed E-state index contributed by atoms with van der Waals surface area (Å²) in [5, 5.41) is 0.834. The first-order chi connectivity index (χ1) is 8.24. The summed E-state index contributed by atoms with van der Waals surface area (Å²) in [5.41, 5.74) is 0.986. The van der Waals surface area contributed by atoms with Gasteiger partial charge in [-0.2, -0.15) is 0 Å². The van der Waals surface area contributed by atoms with E-state index in [9.17, 15) is 4.79 Å². The number of hydrogen-bond acceptors (Lipinski definition) is 4. The van der Waals surface area contributed by atoms with Gasteiger partial charge >= 0.3 is 5.63 Å². The Morgan fingerprint density at radius 3 is 2.76 bits per heavy atom. The zero-order chi connectivity index (χ0) is 12.3. The normalized spacial score (nSPS) is 10.9. The van der Waals surface area contributed by atoms with Gasteiger partial charge in [0, 0.05) is 23.1 Å². The molecule has 4 nitrogen and oxygen atoms in total. The van der Waals surface area contributed by atoms with Crippen molar-refractivity contribution in [1.29, 1.82) is 0 Å². The van der Waals surface area contributed by atoms with Crippen molar-refractivity contribution in [1.82, 2.24) is 0 Å². The van der Waals surface area contributed by atoms with Gasteiger partial charge in [0.1, 0.15) is 11.3 Å². The van der Waals surface area contributed by atoms with Gasteiger partial charge in [0.15, 0.2) is 0 Å². The highest BCUT2D eigenvalue weighted by Gasteiger charge is 2.05. The monoisotopic (exact) mass is 232 g/mol. The van der Waals surface area contributed by atoms with Gasteiger partial charge in [0.05, 0.1) is 20.5 Å². The van der Waals surface area contributed by atoms with Crippen LogP contribution in [0.25, 0.3) is 17.0 Å². The highest BCUT2D eigenvalue weighted by Crippen LogP contribution is 2.26. The van der Waals surface area contributed by atoms with Gasteiger partial charge < -0.3 is 13.9 Å². The number of methoxy groups -OCH3 is 2. The fourth-order valence-corrected chi connectivity index (χ4v) is 1.56. The molecule has 0 saturated carbocycles. The third-order valence-corrected chi connectivity index (χ3v) is 2.36. The first kappa shape index (κ1) is 11.3. The predicted molar refractivity (Wildman–Crippen MR) is 65.1 cm³/mol. The van der Waals surface area contributed by atoms with E-state index in [1.54, 1.807) is 38.7 Å². The lowest BCUT2D eigenvalue weighted by Crippen LogP contribution is -1.95. The average molecular weight is 232 g/mol. The zero-order valence-corrected chi connectivity index (χ0v) is 9.60. The highest BCUT2D eigenvalue weighted by molar-refractivity contribution is 5.82. The zero-order valence-electron chi connectivity index (χ0n) is 9.60. The molecule has 0 aliphatic heterocycles. The summed E-state index contributed by atoms with van der Waals surface area (Å²) in [4.78, 5) is 11.1. The molecule has 0 atom stereocenters. The molecular weight excluding hydrogens is 220 g/mol. The van der Waals surface area contributed by atoms with Gasteiger partial charge in [-0.3, -0.25) is 0 Å². The smallest absolute Gasteiger partial charge is 0.336 e. The van der Waals surface area contributed by atoms with Gasteiger partial charge in [-0.15, -0.1) is 0 Å². The van der Waals surface area contributed by atoms with E-state index in [1.165, 1.54) is 6.07 Å². The van der Waals surface area contributed by atoms with E-state index in [0.29, 0.717) is 11.3 Å². The minimum absolute atomic E-state index is 0.375. The first-order valence-electron chi connectivity index (χ1n) is 5.06. The fraction of sp³-hybridized carbons (Fsp3) is 0.154. The summed E-state index contributed by atoms with van der Waals surface area (Å²) in [7, 11) is 3.13. The lowest BCUT2D eigenvalue weighted by molar-refractivity contribution is 0.341. The SMILES string of the molecule is COC=Cc1cc2ccc(=O)oc2cc1OC. The molecule has 17 heavy (non-hydrogen) atoms. The minimum Gasteiger partial charge on any atom is -0.504 e. The van der Waals surface area contributed by atoms with Crippen LogP contribution >= 0.6 is 0 Å². The average Bonchev–Trinajstić information content (AvgIpc) is 2.35. The van der Waals surface area contributed by atoms with Crippen LogP contribution in [0, 0.1) is 0 Å². The van der Waals surface area contributed by atoms with Crippen LogP contribution in [0.5, 0.6) is 5.75 Å². The molecule has 1 heterocycles. The molecule has 0 N–H and O–H groups in total. The molecule has 0 unspecified atom stereocenters. The molecule has 2 aromatic rings. The van der Waals surface area contributed by atoms with Crippen molar-refractivity contribution in [3.63, 3.8) is 0 Å². The van der Waals surface area contributed by atoms with Crippen LogP contribution in [-0.2, 0) is 4.74 Å². The number of ether oxygens (including phenoxy) is 2. The maximum atomic E-state index is 11.1. The van der Waals surface area contributed by atoms with Crippen LogP contribution in [0.15, 0.2) is 39.7 Å². The van der Waals surface area contributed by atoms with E-state index in [-0.39, 0.29) is 5.63 Å². The number of fused-ring (bicyclic) bond motifs is 1. The molecule has 1 aromatic heterocycles. The van der Waals surface area contributed by atoms with Crippen molar-refractivity contribution < 1.29 is 13.9 Å². The van der Waals surface area contributed by atoms with Crippen molar-refractivity contribution in [3.05, 3.63) is 46.5 Å². The van der Waals surface area contributed by atoms with Crippen LogP contribution in [0.4, 0.5) is 0 Å². The molecule has 0 aliphatic carbocycles. The van der Waals surface area contributed by atoms with E-state index >= 15 is 0 Å². The number of rotatable bonds is 3. The van der Waals surface area contributed by atoms with E-state index < -0.39 is 0 Å². The van der Waals surface area contributed by atoms with Crippen LogP contribution in [-0.4, -0.2) is 14.2 Å². The molecule has 0 spiro atoms. The number of benzene rings is 1. The van der Waals surface area contributed by atoms with Crippen LogP contribution in [0.1, 0.15) is 5.56 Å². The van der Waals surface area contributed by atoms with E-state index in [2.05, 4.69) is 0 Å². The van der Waals surface area contributed by atoms with Crippen LogP contribution < -0.4 is 10.4 Å².